The van der Waals surface area contributed by atoms with Crippen LogP contribution in [-0.4, -0.2) is 33.9 Å². The van der Waals surface area contributed by atoms with Crippen molar-refractivity contribution in [2.75, 3.05) is 13.1 Å². The molecule has 1 aliphatic rings. The molecule has 4 nitrogen and oxygen atoms in total. The number of piperidine rings is 1. The van der Waals surface area contributed by atoms with E-state index in [2.05, 4.69) is 9.97 Å². The molecule has 1 saturated heterocycles. The van der Waals surface area contributed by atoms with E-state index in [-0.39, 0.29) is 11.7 Å². The molecule has 124 valence electrons. The van der Waals surface area contributed by atoms with Gasteiger partial charge in [-0.25, -0.2) is 9.37 Å². The molecule has 1 aliphatic heterocycles. The quantitative estimate of drug-likeness (QED) is 0.762. The van der Waals surface area contributed by atoms with Crippen molar-refractivity contribution in [2.24, 2.45) is 0 Å². The number of fused-ring (bicyclic) bond motifs is 1. The molecule has 0 saturated carbocycles. The maximum Gasteiger partial charge on any atom is 0.256 e. The molecule has 3 heterocycles. The predicted molar refractivity (Wildman–Crippen MR) is 93.0 cm³/mol. The Morgan fingerprint density at radius 3 is 2.88 bits per heavy atom. The minimum atomic E-state index is -0.321. The highest BCUT2D eigenvalue weighted by molar-refractivity contribution is 7.09. The van der Waals surface area contributed by atoms with Crippen molar-refractivity contribution in [1.82, 2.24) is 14.9 Å². The number of rotatable bonds is 2. The molecule has 3 aromatic rings. The number of nitrogens with one attached hydrogen (secondary N) is 1. The van der Waals surface area contributed by atoms with E-state index in [1.165, 1.54) is 12.1 Å². The minimum absolute atomic E-state index is 0.0121. The van der Waals surface area contributed by atoms with E-state index in [4.69, 9.17) is 0 Å². The number of hydrogen-bond donors (Lipinski definition) is 1. The second-order valence-electron chi connectivity index (χ2n) is 6.25. The molecule has 0 radical (unpaired) electrons. The summed E-state index contributed by atoms with van der Waals surface area (Å²) in [7, 11) is 0. The number of amides is 1. The number of aromatic amines is 1. The van der Waals surface area contributed by atoms with Crippen LogP contribution < -0.4 is 0 Å². The fraction of sp³-hybridized carbons (Fsp3) is 0.333. The highest BCUT2D eigenvalue weighted by Gasteiger charge is 2.28. The standard InChI is InChI=1S/C18H18FN3OS/c1-11-16(14-10-13(19)2-3-15(14)21-11)18(23)22-7-4-12(5-8-22)17-20-6-9-24-17/h2-3,6,9-10,12,21H,4-5,7-8H2,1H3. The van der Waals surface area contributed by atoms with Crippen LogP contribution in [0, 0.1) is 12.7 Å². The first kappa shape index (κ1) is 15.3. The molecule has 0 spiro atoms. The van der Waals surface area contributed by atoms with Gasteiger partial charge in [0.05, 0.1) is 10.6 Å². The lowest BCUT2D eigenvalue weighted by Gasteiger charge is -2.31. The Bertz CT molecular complexity index is 879. The summed E-state index contributed by atoms with van der Waals surface area (Å²) in [6.45, 7) is 3.29. The third-order valence-electron chi connectivity index (χ3n) is 4.74. The molecule has 6 heteroatoms. The first-order chi connectivity index (χ1) is 11.6. The Morgan fingerprint density at radius 2 is 2.17 bits per heavy atom. The first-order valence-electron chi connectivity index (χ1n) is 8.10. The molecule has 1 N–H and O–H groups in total. The number of halogens is 1. The zero-order valence-corrected chi connectivity index (χ0v) is 14.2. The summed E-state index contributed by atoms with van der Waals surface area (Å²) in [5, 5.41) is 3.82. The highest BCUT2D eigenvalue weighted by atomic mass is 32.1. The highest BCUT2D eigenvalue weighted by Crippen LogP contribution is 2.31. The Balaban J connectivity index is 1.57. The van der Waals surface area contributed by atoms with Crippen LogP contribution >= 0.6 is 11.3 Å². The van der Waals surface area contributed by atoms with E-state index in [0.717, 1.165) is 29.1 Å². The summed E-state index contributed by atoms with van der Waals surface area (Å²) in [6, 6.07) is 4.53. The van der Waals surface area contributed by atoms with Crippen LogP contribution in [0.2, 0.25) is 0 Å². The number of benzene rings is 1. The molecule has 1 fully saturated rings. The SMILES string of the molecule is Cc1[nH]c2ccc(F)cc2c1C(=O)N1CCC(c2nccs2)CC1. The lowest BCUT2D eigenvalue weighted by molar-refractivity contribution is 0.0714. The van der Waals surface area contributed by atoms with Gasteiger partial charge in [-0.1, -0.05) is 0 Å². The van der Waals surface area contributed by atoms with Crippen molar-refractivity contribution in [1.29, 1.82) is 0 Å². The monoisotopic (exact) mass is 343 g/mol. The van der Waals surface area contributed by atoms with Gasteiger partial charge in [-0.15, -0.1) is 11.3 Å². The number of carbonyl (C=O) groups excluding carboxylic acids is 1. The number of hydrogen-bond acceptors (Lipinski definition) is 3. The summed E-state index contributed by atoms with van der Waals surface area (Å²) >= 11 is 1.68. The van der Waals surface area contributed by atoms with Crippen LogP contribution in [0.25, 0.3) is 10.9 Å². The van der Waals surface area contributed by atoms with Crippen molar-refractivity contribution in [3.63, 3.8) is 0 Å². The van der Waals surface area contributed by atoms with E-state index in [1.807, 2.05) is 23.4 Å². The Kier molecular flexibility index (Phi) is 3.84. The van der Waals surface area contributed by atoms with Gasteiger partial charge in [0.15, 0.2) is 0 Å². The average Bonchev–Trinajstić information content (AvgIpc) is 3.21. The number of carbonyl (C=O) groups is 1. The molecule has 4 rings (SSSR count). The van der Waals surface area contributed by atoms with E-state index in [0.29, 0.717) is 30.0 Å². The van der Waals surface area contributed by atoms with E-state index >= 15 is 0 Å². The van der Waals surface area contributed by atoms with E-state index < -0.39 is 0 Å². The summed E-state index contributed by atoms with van der Waals surface area (Å²) in [5.41, 5.74) is 2.19. The molecule has 0 atom stereocenters. The van der Waals surface area contributed by atoms with E-state index in [1.54, 1.807) is 17.4 Å². The smallest absolute Gasteiger partial charge is 0.256 e. The molecule has 0 unspecified atom stereocenters. The van der Waals surface area contributed by atoms with Gasteiger partial charge in [-0.3, -0.25) is 4.79 Å². The molecule has 24 heavy (non-hydrogen) atoms. The molecule has 2 aromatic heterocycles. The van der Waals surface area contributed by atoms with Crippen LogP contribution in [-0.2, 0) is 0 Å². The first-order valence-corrected chi connectivity index (χ1v) is 8.98. The zero-order valence-electron chi connectivity index (χ0n) is 13.4. The Hall–Kier alpha value is -2.21. The normalized spacial score (nSPS) is 16.0. The van der Waals surface area contributed by atoms with Gasteiger partial charge in [0.25, 0.3) is 5.91 Å². The molecular formula is C18H18FN3OS. The van der Waals surface area contributed by atoms with Crippen molar-refractivity contribution in [3.05, 3.63) is 51.9 Å². The van der Waals surface area contributed by atoms with E-state index in [9.17, 15) is 9.18 Å². The van der Waals surface area contributed by atoms with Crippen LogP contribution in [0.15, 0.2) is 29.8 Å². The van der Waals surface area contributed by atoms with Gasteiger partial charge in [0, 0.05) is 47.2 Å². The number of aryl methyl sites for hydroxylation is 1. The maximum absolute atomic E-state index is 13.6. The van der Waals surface area contributed by atoms with Crippen molar-refractivity contribution in [3.8, 4) is 0 Å². The molecule has 0 aliphatic carbocycles. The lowest BCUT2D eigenvalue weighted by atomic mass is 9.96. The summed E-state index contributed by atoms with van der Waals surface area (Å²) in [6.07, 6.45) is 3.69. The summed E-state index contributed by atoms with van der Waals surface area (Å²) in [5.74, 6) is 0.107. The fourth-order valence-electron chi connectivity index (χ4n) is 3.50. The van der Waals surface area contributed by atoms with Gasteiger partial charge in [0.2, 0.25) is 0 Å². The summed E-state index contributed by atoms with van der Waals surface area (Å²) in [4.78, 5) is 22.4. The van der Waals surface area contributed by atoms with Gasteiger partial charge < -0.3 is 9.88 Å². The van der Waals surface area contributed by atoms with Crippen molar-refractivity contribution in [2.45, 2.75) is 25.7 Å². The minimum Gasteiger partial charge on any atom is -0.358 e. The van der Waals surface area contributed by atoms with Crippen LogP contribution in [0.3, 0.4) is 0 Å². The fourth-order valence-corrected chi connectivity index (χ4v) is 4.31. The second-order valence-corrected chi connectivity index (χ2v) is 7.18. The third kappa shape index (κ3) is 2.60. The number of thiazole rings is 1. The molecule has 1 aromatic carbocycles. The summed E-state index contributed by atoms with van der Waals surface area (Å²) < 4.78 is 13.6. The van der Waals surface area contributed by atoms with Crippen molar-refractivity contribution < 1.29 is 9.18 Å². The van der Waals surface area contributed by atoms with Crippen molar-refractivity contribution >= 4 is 28.1 Å². The van der Waals surface area contributed by atoms with Gasteiger partial charge in [-0.2, -0.15) is 0 Å². The largest absolute Gasteiger partial charge is 0.358 e. The number of H-pyrrole nitrogens is 1. The van der Waals surface area contributed by atoms with Crippen LogP contribution in [0.4, 0.5) is 4.39 Å². The number of nitrogens with zero attached hydrogens (tertiary/aromatic N) is 2. The van der Waals surface area contributed by atoms with Crippen LogP contribution in [0.1, 0.15) is 39.8 Å². The van der Waals surface area contributed by atoms with Gasteiger partial charge >= 0.3 is 0 Å². The molecule has 1 amide bonds. The number of likely N-dealkylation sites (tertiary alicyclic amines) is 1. The Morgan fingerprint density at radius 1 is 1.38 bits per heavy atom. The Labute approximate surface area is 143 Å². The average molecular weight is 343 g/mol. The van der Waals surface area contributed by atoms with Gasteiger partial charge in [-0.05, 0) is 38.0 Å². The number of aromatic nitrogens is 2. The predicted octanol–water partition coefficient (Wildman–Crippen LogP) is 4.09. The lowest BCUT2D eigenvalue weighted by Crippen LogP contribution is -2.38. The van der Waals surface area contributed by atoms with Crippen LogP contribution in [0.5, 0.6) is 0 Å². The third-order valence-corrected chi connectivity index (χ3v) is 5.68. The molecule has 0 bridgehead atoms. The maximum atomic E-state index is 13.6. The second kappa shape index (κ2) is 6.02. The topological polar surface area (TPSA) is 49.0 Å². The zero-order chi connectivity index (χ0) is 16.7. The van der Waals surface area contributed by atoms with Gasteiger partial charge in [0.1, 0.15) is 5.82 Å². The molecular weight excluding hydrogens is 325 g/mol.